The maximum atomic E-state index is 12.7. The number of benzene rings is 1. The molecule has 1 rings (SSSR count). The van der Waals surface area contributed by atoms with Crippen molar-refractivity contribution in [2.45, 2.75) is 51.2 Å². The minimum Gasteiger partial charge on any atom is -0.508 e. The molecule has 0 heterocycles. The van der Waals surface area contributed by atoms with Crippen molar-refractivity contribution in [3.8, 4) is 5.75 Å². The number of amides is 3. The highest BCUT2D eigenvalue weighted by Gasteiger charge is 2.27. The maximum absolute atomic E-state index is 12.7. The highest BCUT2D eigenvalue weighted by atomic mass is 16.4. The summed E-state index contributed by atoms with van der Waals surface area (Å²) in [6.07, 6.45) is -0.860. The molecule has 3 amide bonds. The molecular weight excluding hydrogens is 436 g/mol. The maximum Gasteiger partial charge on any atom is 0.326 e. The van der Waals surface area contributed by atoms with Crippen LogP contribution in [0.1, 0.15) is 32.3 Å². The summed E-state index contributed by atoms with van der Waals surface area (Å²) in [4.78, 5) is 59.3. The number of carbonyl (C=O) groups excluding carboxylic acids is 3. The van der Waals surface area contributed by atoms with Gasteiger partial charge in [0.15, 0.2) is 0 Å². The van der Waals surface area contributed by atoms with E-state index in [2.05, 4.69) is 16.0 Å². The summed E-state index contributed by atoms with van der Waals surface area (Å²) < 4.78 is 0. The van der Waals surface area contributed by atoms with Gasteiger partial charge in [-0.05, 0) is 30.0 Å². The van der Waals surface area contributed by atoms with Crippen LogP contribution < -0.4 is 21.7 Å². The van der Waals surface area contributed by atoms with Gasteiger partial charge in [0.1, 0.15) is 17.8 Å². The van der Waals surface area contributed by atoms with Crippen molar-refractivity contribution in [2.24, 2.45) is 11.7 Å². The van der Waals surface area contributed by atoms with Gasteiger partial charge >= 0.3 is 11.9 Å². The molecule has 0 bridgehead atoms. The van der Waals surface area contributed by atoms with Crippen LogP contribution in [0.3, 0.4) is 0 Å². The Labute approximate surface area is 190 Å². The first-order chi connectivity index (χ1) is 15.4. The zero-order valence-corrected chi connectivity index (χ0v) is 18.4. The molecule has 33 heavy (non-hydrogen) atoms. The third-order valence-corrected chi connectivity index (χ3v) is 4.73. The van der Waals surface area contributed by atoms with Crippen LogP contribution in [0.2, 0.25) is 0 Å². The summed E-state index contributed by atoms with van der Waals surface area (Å²) in [6.45, 7) is 2.97. The smallest absolute Gasteiger partial charge is 0.326 e. The number of carboxylic acids is 2. The van der Waals surface area contributed by atoms with Crippen LogP contribution in [0.5, 0.6) is 5.75 Å². The van der Waals surface area contributed by atoms with Gasteiger partial charge in [-0.15, -0.1) is 0 Å². The Morgan fingerprint density at radius 2 is 1.55 bits per heavy atom. The lowest BCUT2D eigenvalue weighted by Gasteiger charge is -2.22. The zero-order valence-electron chi connectivity index (χ0n) is 18.4. The Morgan fingerprint density at radius 3 is 2.06 bits per heavy atom. The summed E-state index contributed by atoms with van der Waals surface area (Å²) in [5.41, 5.74) is 6.21. The van der Waals surface area contributed by atoms with Crippen LogP contribution in [0.4, 0.5) is 0 Å². The van der Waals surface area contributed by atoms with E-state index < -0.39 is 60.8 Å². The average molecular weight is 466 g/mol. The SMILES string of the molecule is CC(C)C(N)C(=O)NCC(=O)NC(CCC(=O)O)C(=O)NC(Cc1ccc(O)cc1)C(=O)O. The van der Waals surface area contributed by atoms with E-state index in [9.17, 15) is 34.2 Å². The largest absolute Gasteiger partial charge is 0.508 e. The Bertz CT molecular complexity index is 856. The van der Waals surface area contributed by atoms with Crippen LogP contribution in [-0.4, -0.2) is 69.7 Å². The van der Waals surface area contributed by atoms with Crippen LogP contribution in [0, 0.1) is 5.92 Å². The van der Waals surface area contributed by atoms with Gasteiger partial charge in [-0.1, -0.05) is 26.0 Å². The van der Waals surface area contributed by atoms with Gasteiger partial charge < -0.3 is 37.0 Å². The molecule has 0 fully saturated rings. The fourth-order valence-electron chi connectivity index (χ4n) is 2.71. The average Bonchev–Trinajstić information content (AvgIpc) is 2.74. The number of nitrogens with one attached hydrogen (secondary N) is 3. The number of hydrogen-bond acceptors (Lipinski definition) is 7. The molecular formula is C21H30N4O8. The van der Waals surface area contributed by atoms with E-state index >= 15 is 0 Å². The molecule has 1 aromatic carbocycles. The minimum absolute atomic E-state index is 0.00690. The van der Waals surface area contributed by atoms with Crippen LogP contribution >= 0.6 is 0 Å². The number of aliphatic carboxylic acids is 2. The lowest BCUT2D eigenvalue weighted by Crippen LogP contribution is -2.54. The molecule has 0 spiro atoms. The zero-order chi connectivity index (χ0) is 25.1. The number of phenolic OH excluding ortho intramolecular Hbond substituents is 1. The highest BCUT2D eigenvalue weighted by molar-refractivity contribution is 5.92. The fourth-order valence-corrected chi connectivity index (χ4v) is 2.71. The molecule has 0 aliphatic heterocycles. The monoisotopic (exact) mass is 466 g/mol. The third-order valence-electron chi connectivity index (χ3n) is 4.73. The second-order valence-corrected chi connectivity index (χ2v) is 7.81. The Kier molecular flexibility index (Phi) is 10.8. The van der Waals surface area contributed by atoms with Crippen molar-refractivity contribution >= 4 is 29.7 Å². The van der Waals surface area contributed by atoms with Crippen LogP contribution in [0.25, 0.3) is 0 Å². The number of carboxylic acid groups (broad SMARTS) is 2. The molecule has 0 aliphatic rings. The topological polar surface area (TPSA) is 208 Å². The summed E-state index contributed by atoms with van der Waals surface area (Å²) in [6, 6.07) is 2.18. The van der Waals surface area contributed by atoms with E-state index in [0.717, 1.165) is 0 Å². The molecule has 0 saturated carbocycles. The van der Waals surface area contributed by atoms with E-state index in [-0.39, 0.29) is 24.5 Å². The first-order valence-corrected chi connectivity index (χ1v) is 10.3. The second-order valence-electron chi connectivity index (χ2n) is 7.81. The Balaban J connectivity index is 2.81. The van der Waals surface area contributed by atoms with Gasteiger partial charge in [0.05, 0.1) is 12.6 Å². The van der Waals surface area contributed by atoms with Gasteiger partial charge in [-0.3, -0.25) is 19.2 Å². The Hall–Kier alpha value is -3.67. The molecule has 0 aromatic heterocycles. The summed E-state index contributed by atoms with van der Waals surface area (Å²) in [5, 5.41) is 34.7. The van der Waals surface area contributed by atoms with Gasteiger partial charge in [0.25, 0.3) is 0 Å². The van der Waals surface area contributed by atoms with Crippen LogP contribution in [-0.2, 0) is 30.4 Å². The Morgan fingerprint density at radius 1 is 0.939 bits per heavy atom. The first-order valence-electron chi connectivity index (χ1n) is 10.3. The number of nitrogens with two attached hydrogens (primary N) is 1. The number of carbonyl (C=O) groups is 5. The van der Waals surface area contributed by atoms with Gasteiger partial charge in [-0.25, -0.2) is 4.79 Å². The van der Waals surface area contributed by atoms with Crippen molar-refractivity contribution in [2.75, 3.05) is 6.54 Å². The van der Waals surface area contributed by atoms with E-state index in [4.69, 9.17) is 10.8 Å². The quantitative estimate of drug-likeness (QED) is 0.189. The standard InChI is InChI=1S/C21H30N4O8/c1-11(2)18(22)20(31)23-10-16(27)24-14(7-8-17(28)29)19(30)25-15(21(32)33)9-12-3-5-13(26)6-4-12/h3-6,11,14-15,18,26H,7-10,22H2,1-2H3,(H,23,31)(H,24,27)(H,25,30)(H,28,29)(H,32,33). The molecule has 182 valence electrons. The molecule has 12 heteroatoms. The minimum atomic E-state index is -1.37. The molecule has 3 unspecified atom stereocenters. The molecule has 3 atom stereocenters. The second kappa shape index (κ2) is 13.0. The number of aromatic hydroxyl groups is 1. The fraction of sp³-hybridized carbons (Fsp3) is 0.476. The normalized spacial score (nSPS) is 13.5. The van der Waals surface area contributed by atoms with Crippen molar-refractivity contribution < 1.29 is 39.3 Å². The van der Waals surface area contributed by atoms with Gasteiger partial charge in [0, 0.05) is 12.8 Å². The third kappa shape index (κ3) is 9.99. The molecule has 8 N–H and O–H groups in total. The van der Waals surface area contributed by atoms with Crippen molar-refractivity contribution in [1.29, 1.82) is 0 Å². The lowest BCUT2D eigenvalue weighted by atomic mass is 10.0. The molecule has 0 radical (unpaired) electrons. The number of rotatable bonds is 13. The van der Waals surface area contributed by atoms with Crippen molar-refractivity contribution in [3.05, 3.63) is 29.8 Å². The lowest BCUT2D eigenvalue weighted by molar-refractivity contribution is -0.143. The predicted octanol–water partition coefficient (Wildman–Crippen LogP) is -1.05. The molecule has 0 saturated heterocycles. The summed E-state index contributed by atoms with van der Waals surface area (Å²) in [7, 11) is 0. The van der Waals surface area contributed by atoms with Crippen molar-refractivity contribution in [1.82, 2.24) is 16.0 Å². The van der Waals surface area contributed by atoms with E-state index in [1.807, 2.05) is 0 Å². The molecule has 0 aliphatic carbocycles. The first kappa shape index (κ1) is 27.4. The number of phenols is 1. The summed E-state index contributed by atoms with van der Waals surface area (Å²) >= 11 is 0. The number of hydrogen-bond donors (Lipinski definition) is 7. The molecule has 12 nitrogen and oxygen atoms in total. The van der Waals surface area contributed by atoms with Crippen LogP contribution in [0.15, 0.2) is 24.3 Å². The van der Waals surface area contributed by atoms with Gasteiger partial charge in [-0.2, -0.15) is 0 Å². The highest BCUT2D eigenvalue weighted by Crippen LogP contribution is 2.12. The van der Waals surface area contributed by atoms with E-state index in [1.54, 1.807) is 13.8 Å². The van der Waals surface area contributed by atoms with E-state index in [1.165, 1.54) is 24.3 Å². The summed E-state index contributed by atoms with van der Waals surface area (Å²) in [5.74, 6) is -4.94. The van der Waals surface area contributed by atoms with E-state index in [0.29, 0.717) is 5.56 Å². The van der Waals surface area contributed by atoms with Crippen molar-refractivity contribution in [3.63, 3.8) is 0 Å². The van der Waals surface area contributed by atoms with Gasteiger partial charge in [0.2, 0.25) is 17.7 Å². The molecule has 1 aromatic rings. The predicted molar refractivity (Wildman–Crippen MR) is 116 cm³/mol.